The lowest BCUT2D eigenvalue weighted by atomic mass is 9.83. The number of hydrogen-bond donors (Lipinski definition) is 2. The lowest BCUT2D eigenvalue weighted by Crippen LogP contribution is -2.40. The smallest absolute Gasteiger partial charge is 0.0697 e. The van der Waals surface area contributed by atoms with E-state index in [2.05, 4.69) is 25.2 Å². The van der Waals surface area contributed by atoms with Gasteiger partial charge in [0, 0.05) is 25.1 Å². The highest BCUT2D eigenvalue weighted by atomic mass is 16.3. The van der Waals surface area contributed by atoms with Crippen LogP contribution in [0.15, 0.2) is 0 Å². The van der Waals surface area contributed by atoms with Crippen LogP contribution in [0.4, 0.5) is 0 Å². The molecule has 3 nitrogen and oxygen atoms in total. The van der Waals surface area contributed by atoms with Gasteiger partial charge in [-0.3, -0.25) is 0 Å². The lowest BCUT2D eigenvalue weighted by molar-refractivity contribution is 0.111. The summed E-state index contributed by atoms with van der Waals surface area (Å²) in [5, 5.41) is 21.5. The summed E-state index contributed by atoms with van der Waals surface area (Å²) in [6, 6.07) is 2.26. The Bertz CT molecular complexity index is 206. The molecule has 15 heavy (non-hydrogen) atoms. The molecule has 3 heteroatoms. The Morgan fingerprint density at radius 1 is 1.20 bits per heavy atom. The summed E-state index contributed by atoms with van der Waals surface area (Å²) in [6.07, 6.45) is 1.92. The van der Waals surface area contributed by atoms with Gasteiger partial charge in [-0.2, -0.15) is 5.26 Å². The molecule has 0 heterocycles. The first-order chi connectivity index (χ1) is 6.95. The van der Waals surface area contributed by atoms with Gasteiger partial charge < -0.3 is 10.4 Å². The highest BCUT2D eigenvalue weighted by molar-refractivity contribution is 4.94. The van der Waals surface area contributed by atoms with E-state index < -0.39 is 0 Å². The first-order valence-corrected chi connectivity index (χ1v) is 5.68. The van der Waals surface area contributed by atoms with Crippen LogP contribution in [-0.4, -0.2) is 24.8 Å². The van der Waals surface area contributed by atoms with Gasteiger partial charge in [-0.25, -0.2) is 0 Å². The summed E-state index contributed by atoms with van der Waals surface area (Å²) in [6.45, 7) is 9.68. The van der Waals surface area contributed by atoms with Gasteiger partial charge in [-0.15, -0.1) is 0 Å². The fourth-order valence-corrected chi connectivity index (χ4v) is 1.46. The van der Waals surface area contributed by atoms with E-state index in [1.54, 1.807) is 0 Å². The molecule has 0 aliphatic heterocycles. The minimum Gasteiger partial charge on any atom is -0.396 e. The van der Waals surface area contributed by atoms with E-state index in [4.69, 9.17) is 5.26 Å². The average molecular weight is 212 g/mol. The average Bonchev–Trinajstić information content (AvgIpc) is 2.25. The maximum atomic E-state index is 9.36. The minimum absolute atomic E-state index is 0.0223. The molecule has 0 spiro atoms. The molecule has 0 aromatic heterocycles. The number of nitriles is 1. The predicted molar refractivity (Wildman–Crippen MR) is 62.4 cm³/mol. The third-order valence-corrected chi connectivity index (χ3v) is 3.21. The van der Waals surface area contributed by atoms with Gasteiger partial charge in [-0.1, -0.05) is 13.8 Å². The number of aliphatic hydroxyl groups excluding tert-OH is 1. The molecule has 0 saturated heterocycles. The van der Waals surface area contributed by atoms with Crippen LogP contribution in [0.5, 0.6) is 0 Å². The minimum atomic E-state index is -0.331. The standard InChI is InChI=1S/C12H24N2O/c1-5-12(6-2,10-15)9-14-8-11(3,4)7-13/h14-15H,5-6,8-10H2,1-4H3. The largest absolute Gasteiger partial charge is 0.396 e. The second-order valence-electron chi connectivity index (χ2n) is 4.96. The van der Waals surface area contributed by atoms with E-state index in [1.807, 2.05) is 13.8 Å². The second-order valence-corrected chi connectivity index (χ2v) is 4.96. The SMILES string of the molecule is CCC(CC)(CO)CNCC(C)(C)C#N. The van der Waals surface area contributed by atoms with Crippen LogP contribution in [0.3, 0.4) is 0 Å². The monoisotopic (exact) mass is 212 g/mol. The van der Waals surface area contributed by atoms with Crippen LogP contribution in [0.1, 0.15) is 40.5 Å². The maximum Gasteiger partial charge on any atom is 0.0697 e. The highest BCUT2D eigenvalue weighted by Gasteiger charge is 2.26. The summed E-state index contributed by atoms with van der Waals surface area (Å²) >= 11 is 0. The van der Waals surface area contributed by atoms with Crippen LogP contribution >= 0.6 is 0 Å². The summed E-state index contributed by atoms with van der Waals surface area (Å²) in [5.41, 5.74) is -0.353. The van der Waals surface area contributed by atoms with Gasteiger partial charge in [0.25, 0.3) is 0 Å². The maximum absolute atomic E-state index is 9.36. The third kappa shape index (κ3) is 4.63. The quantitative estimate of drug-likeness (QED) is 0.678. The molecule has 88 valence electrons. The van der Waals surface area contributed by atoms with Crippen molar-refractivity contribution >= 4 is 0 Å². The Balaban J connectivity index is 4.09. The zero-order valence-electron chi connectivity index (χ0n) is 10.4. The molecular formula is C12H24N2O. The molecule has 0 unspecified atom stereocenters. The van der Waals surface area contributed by atoms with Crippen molar-refractivity contribution in [3.63, 3.8) is 0 Å². The van der Waals surface area contributed by atoms with E-state index in [-0.39, 0.29) is 17.4 Å². The fourth-order valence-electron chi connectivity index (χ4n) is 1.46. The predicted octanol–water partition coefficient (Wildman–Crippen LogP) is 1.92. The van der Waals surface area contributed by atoms with Gasteiger partial charge in [-0.05, 0) is 26.7 Å². The number of nitrogens with zero attached hydrogens (tertiary/aromatic N) is 1. The van der Waals surface area contributed by atoms with Crippen molar-refractivity contribution in [2.24, 2.45) is 10.8 Å². The molecule has 0 fully saturated rings. The van der Waals surface area contributed by atoms with Crippen LogP contribution in [0.25, 0.3) is 0 Å². The van der Waals surface area contributed by atoms with Crippen molar-refractivity contribution < 1.29 is 5.11 Å². The van der Waals surface area contributed by atoms with Crippen LogP contribution in [-0.2, 0) is 0 Å². The Kier molecular flexibility index (Phi) is 5.85. The summed E-state index contributed by atoms with van der Waals surface area (Å²) in [5.74, 6) is 0. The molecule has 2 N–H and O–H groups in total. The van der Waals surface area contributed by atoms with Gasteiger partial charge in [0.15, 0.2) is 0 Å². The van der Waals surface area contributed by atoms with E-state index >= 15 is 0 Å². The normalized spacial score (nSPS) is 12.5. The molecule has 0 bridgehead atoms. The Labute approximate surface area is 93.5 Å². The van der Waals surface area contributed by atoms with E-state index in [9.17, 15) is 5.11 Å². The molecule has 0 aliphatic rings. The van der Waals surface area contributed by atoms with E-state index in [0.717, 1.165) is 19.4 Å². The molecule has 0 amide bonds. The van der Waals surface area contributed by atoms with Crippen molar-refractivity contribution in [3.05, 3.63) is 0 Å². The topological polar surface area (TPSA) is 56.0 Å². The molecule has 0 aromatic carbocycles. The van der Waals surface area contributed by atoms with Crippen molar-refractivity contribution in [1.82, 2.24) is 5.32 Å². The van der Waals surface area contributed by atoms with Crippen LogP contribution in [0, 0.1) is 22.2 Å². The highest BCUT2D eigenvalue weighted by Crippen LogP contribution is 2.24. The Morgan fingerprint density at radius 3 is 2.07 bits per heavy atom. The molecule has 0 saturated carbocycles. The Hall–Kier alpha value is -0.590. The van der Waals surface area contributed by atoms with Crippen molar-refractivity contribution in [1.29, 1.82) is 5.26 Å². The van der Waals surface area contributed by atoms with E-state index in [0.29, 0.717) is 6.54 Å². The fraction of sp³-hybridized carbons (Fsp3) is 0.917. The van der Waals surface area contributed by atoms with Gasteiger partial charge in [0.05, 0.1) is 11.5 Å². The van der Waals surface area contributed by atoms with Crippen molar-refractivity contribution in [2.75, 3.05) is 19.7 Å². The van der Waals surface area contributed by atoms with Gasteiger partial charge in [0.2, 0.25) is 0 Å². The molecule has 0 aliphatic carbocycles. The van der Waals surface area contributed by atoms with Crippen LogP contribution < -0.4 is 5.32 Å². The number of aliphatic hydroxyl groups is 1. The summed E-state index contributed by atoms with van der Waals surface area (Å²) < 4.78 is 0. The first-order valence-electron chi connectivity index (χ1n) is 5.68. The third-order valence-electron chi connectivity index (χ3n) is 3.21. The summed E-state index contributed by atoms with van der Waals surface area (Å²) in [4.78, 5) is 0. The van der Waals surface area contributed by atoms with Crippen molar-refractivity contribution in [2.45, 2.75) is 40.5 Å². The van der Waals surface area contributed by atoms with Gasteiger partial charge >= 0.3 is 0 Å². The lowest BCUT2D eigenvalue weighted by Gasteiger charge is -2.30. The molecule has 0 aromatic rings. The molecule has 0 atom stereocenters. The molecule has 0 radical (unpaired) electrons. The zero-order valence-corrected chi connectivity index (χ0v) is 10.4. The number of rotatable bonds is 7. The van der Waals surface area contributed by atoms with Crippen molar-refractivity contribution in [3.8, 4) is 6.07 Å². The first kappa shape index (κ1) is 14.4. The molecular weight excluding hydrogens is 188 g/mol. The Morgan fingerprint density at radius 2 is 1.73 bits per heavy atom. The second kappa shape index (κ2) is 6.09. The van der Waals surface area contributed by atoms with Crippen LogP contribution in [0.2, 0.25) is 0 Å². The summed E-state index contributed by atoms with van der Waals surface area (Å²) in [7, 11) is 0. The van der Waals surface area contributed by atoms with E-state index in [1.165, 1.54) is 0 Å². The number of hydrogen-bond acceptors (Lipinski definition) is 3. The van der Waals surface area contributed by atoms with Gasteiger partial charge in [0.1, 0.15) is 0 Å². The zero-order chi connectivity index (χ0) is 11.9. The molecule has 0 rings (SSSR count). The number of nitrogens with one attached hydrogen (secondary N) is 1.